The van der Waals surface area contributed by atoms with Gasteiger partial charge >= 0.3 is 11.9 Å². The summed E-state index contributed by atoms with van der Waals surface area (Å²) in [7, 11) is 1.23. The summed E-state index contributed by atoms with van der Waals surface area (Å²) in [5.41, 5.74) is -0.637. The smallest absolute Gasteiger partial charge is 0.328 e. The lowest BCUT2D eigenvalue weighted by Gasteiger charge is -2.38. The number of rotatable bonds is 8. The van der Waals surface area contributed by atoms with Gasteiger partial charge in [-0.2, -0.15) is 0 Å². The van der Waals surface area contributed by atoms with E-state index in [-0.39, 0.29) is 22.0 Å². The SMILES string of the molecule is COC(=O)[C@H](Cc1ccc(NC(=O)c2c(Cl)cc(Cl)cc2Cl)cc1)NC(=O)C1CCC(C)(C(=O)O)C1(C)C. The van der Waals surface area contributed by atoms with Crippen LogP contribution in [0.25, 0.3) is 0 Å². The van der Waals surface area contributed by atoms with Gasteiger partial charge in [0.25, 0.3) is 5.91 Å². The molecule has 3 atom stereocenters. The summed E-state index contributed by atoms with van der Waals surface area (Å²) in [4.78, 5) is 50.3. The average Bonchev–Trinajstić information content (AvgIpc) is 3.08. The first-order chi connectivity index (χ1) is 17.7. The Morgan fingerprint density at radius 2 is 1.63 bits per heavy atom. The minimum Gasteiger partial charge on any atom is -0.481 e. The fourth-order valence-corrected chi connectivity index (χ4v) is 5.85. The lowest BCUT2D eigenvalue weighted by atomic mass is 9.65. The molecule has 0 bridgehead atoms. The Balaban J connectivity index is 1.71. The van der Waals surface area contributed by atoms with E-state index in [1.807, 2.05) is 0 Å². The van der Waals surface area contributed by atoms with E-state index in [1.165, 1.54) is 19.2 Å². The molecular weight excluding hydrogens is 555 g/mol. The van der Waals surface area contributed by atoms with E-state index < -0.39 is 46.5 Å². The van der Waals surface area contributed by atoms with E-state index in [2.05, 4.69) is 10.6 Å². The van der Waals surface area contributed by atoms with Crippen molar-refractivity contribution in [3.05, 3.63) is 62.6 Å². The predicted octanol–water partition coefficient (Wildman–Crippen LogP) is 5.63. The number of nitrogens with one attached hydrogen (secondary N) is 2. The molecule has 1 fully saturated rings. The molecule has 0 aliphatic heterocycles. The second-order valence-electron chi connectivity index (χ2n) is 10.1. The number of carboxylic acids is 1. The number of carbonyl (C=O) groups is 4. The number of anilines is 1. The van der Waals surface area contributed by atoms with Crippen LogP contribution in [0.5, 0.6) is 0 Å². The Bertz CT molecular complexity index is 1240. The van der Waals surface area contributed by atoms with Crippen molar-refractivity contribution in [1.82, 2.24) is 5.32 Å². The minimum absolute atomic E-state index is 0.0871. The Morgan fingerprint density at radius 3 is 2.13 bits per heavy atom. The monoisotopic (exact) mass is 582 g/mol. The van der Waals surface area contributed by atoms with Crippen molar-refractivity contribution >= 4 is 64.2 Å². The van der Waals surface area contributed by atoms with Crippen LogP contribution >= 0.6 is 34.8 Å². The molecule has 8 nitrogen and oxygen atoms in total. The van der Waals surface area contributed by atoms with E-state index in [9.17, 15) is 24.3 Å². The molecule has 2 unspecified atom stereocenters. The molecule has 3 rings (SSSR count). The van der Waals surface area contributed by atoms with Crippen LogP contribution in [0.4, 0.5) is 5.69 Å². The third-order valence-corrected chi connectivity index (χ3v) is 8.52. The number of amides is 2. The highest BCUT2D eigenvalue weighted by Crippen LogP contribution is 2.56. The second-order valence-corrected chi connectivity index (χ2v) is 11.4. The van der Waals surface area contributed by atoms with Crippen molar-refractivity contribution in [2.24, 2.45) is 16.7 Å². The molecule has 0 heterocycles. The summed E-state index contributed by atoms with van der Waals surface area (Å²) in [6, 6.07) is 8.53. The highest BCUT2D eigenvalue weighted by atomic mass is 35.5. The molecule has 38 heavy (non-hydrogen) atoms. The second kappa shape index (κ2) is 11.5. The largest absolute Gasteiger partial charge is 0.481 e. The summed E-state index contributed by atoms with van der Waals surface area (Å²) in [5.74, 6) is -3.07. The fourth-order valence-electron chi connectivity index (χ4n) is 4.86. The van der Waals surface area contributed by atoms with Gasteiger partial charge in [-0.25, -0.2) is 4.79 Å². The lowest BCUT2D eigenvalue weighted by Crippen LogP contribution is -2.50. The zero-order valence-corrected chi connectivity index (χ0v) is 23.6. The molecule has 0 radical (unpaired) electrons. The number of halogens is 3. The first-order valence-electron chi connectivity index (χ1n) is 11.9. The zero-order chi connectivity index (χ0) is 28.4. The molecule has 3 N–H and O–H groups in total. The lowest BCUT2D eigenvalue weighted by molar-refractivity contribution is -0.156. The van der Waals surface area contributed by atoms with Crippen molar-refractivity contribution in [1.29, 1.82) is 0 Å². The first kappa shape index (κ1) is 29.7. The zero-order valence-electron chi connectivity index (χ0n) is 21.4. The molecule has 2 aromatic rings. The molecule has 1 aliphatic rings. The van der Waals surface area contributed by atoms with Crippen LogP contribution < -0.4 is 10.6 Å². The Kier molecular flexibility index (Phi) is 9.01. The normalized spacial score (nSPS) is 20.9. The van der Waals surface area contributed by atoms with Gasteiger partial charge < -0.3 is 20.5 Å². The van der Waals surface area contributed by atoms with Crippen LogP contribution in [-0.4, -0.2) is 42.0 Å². The van der Waals surface area contributed by atoms with Crippen LogP contribution in [0.1, 0.15) is 49.5 Å². The highest BCUT2D eigenvalue weighted by Gasteiger charge is 2.58. The van der Waals surface area contributed by atoms with Gasteiger partial charge in [0.2, 0.25) is 5.91 Å². The van der Waals surface area contributed by atoms with Gasteiger partial charge in [0.15, 0.2) is 0 Å². The van der Waals surface area contributed by atoms with Gasteiger partial charge in [0, 0.05) is 23.0 Å². The van der Waals surface area contributed by atoms with Crippen molar-refractivity contribution in [3.63, 3.8) is 0 Å². The van der Waals surface area contributed by atoms with Gasteiger partial charge in [-0.05, 0) is 55.0 Å². The van der Waals surface area contributed by atoms with E-state index >= 15 is 0 Å². The summed E-state index contributed by atoms with van der Waals surface area (Å²) in [6.07, 6.45) is 0.881. The summed E-state index contributed by atoms with van der Waals surface area (Å²) >= 11 is 18.1. The van der Waals surface area contributed by atoms with Crippen LogP contribution in [0, 0.1) is 16.7 Å². The van der Waals surface area contributed by atoms with Gasteiger partial charge in [0.1, 0.15) is 6.04 Å². The van der Waals surface area contributed by atoms with E-state index in [0.29, 0.717) is 29.1 Å². The quantitative estimate of drug-likeness (QED) is 0.347. The number of esters is 1. The number of methoxy groups -OCH3 is 1. The molecule has 0 aromatic heterocycles. The topological polar surface area (TPSA) is 122 Å². The standard InChI is InChI=1S/C27H29Cl3N2O6/c1-26(2)17(9-10-27(26,3)25(36)37)22(33)32-20(24(35)38-4)11-14-5-7-16(8-6-14)31-23(34)21-18(29)12-15(28)13-19(21)30/h5-8,12-13,17,20H,9-11H2,1-4H3,(H,31,34)(H,32,33)(H,36,37)/t17?,20-,27?/m0/s1. The fraction of sp³-hybridized carbons (Fsp3) is 0.407. The number of benzene rings is 2. The maximum atomic E-state index is 13.2. The molecule has 2 amide bonds. The van der Waals surface area contributed by atoms with Crippen LogP contribution in [-0.2, 0) is 25.5 Å². The molecular formula is C27H29Cl3N2O6. The summed E-state index contributed by atoms with van der Waals surface area (Å²) < 4.78 is 4.90. The molecule has 2 aromatic carbocycles. The van der Waals surface area contributed by atoms with Crippen LogP contribution in [0.3, 0.4) is 0 Å². The average molecular weight is 584 g/mol. The van der Waals surface area contributed by atoms with Crippen molar-refractivity contribution in [3.8, 4) is 0 Å². The number of carbonyl (C=O) groups excluding carboxylic acids is 3. The third-order valence-electron chi connectivity index (χ3n) is 7.70. The Morgan fingerprint density at radius 1 is 1.05 bits per heavy atom. The number of hydrogen-bond acceptors (Lipinski definition) is 5. The van der Waals surface area contributed by atoms with Crippen LogP contribution in [0.2, 0.25) is 15.1 Å². The maximum Gasteiger partial charge on any atom is 0.328 e. The molecule has 0 spiro atoms. The van der Waals surface area contributed by atoms with E-state index in [1.54, 1.807) is 45.0 Å². The Hall–Kier alpha value is -2.81. The molecule has 1 aliphatic carbocycles. The van der Waals surface area contributed by atoms with E-state index in [0.717, 1.165) is 0 Å². The van der Waals surface area contributed by atoms with Gasteiger partial charge in [0.05, 0.1) is 28.1 Å². The van der Waals surface area contributed by atoms with Gasteiger partial charge in [-0.15, -0.1) is 0 Å². The first-order valence-corrected chi connectivity index (χ1v) is 13.0. The summed E-state index contributed by atoms with van der Waals surface area (Å²) in [5, 5.41) is 15.7. The predicted molar refractivity (Wildman–Crippen MR) is 146 cm³/mol. The van der Waals surface area contributed by atoms with Crippen molar-refractivity contribution in [2.45, 2.75) is 46.1 Å². The van der Waals surface area contributed by atoms with Crippen LogP contribution in [0.15, 0.2) is 36.4 Å². The van der Waals surface area contributed by atoms with Gasteiger partial charge in [-0.3, -0.25) is 14.4 Å². The van der Waals surface area contributed by atoms with Crippen molar-refractivity contribution < 1.29 is 29.0 Å². The number of hydrogen-bond donors (Lipinski definition) is 3. The molecule has 0 saturated heterocycles. The number of carboxylic acid groups (broad SMARTS) is 1. The number of aliphatic carboxylic acids is 1. The third kappa shape index (κ3) is 5.92. The molecule has 11 heteroatoms. The minimum atomic E-state index is -1.06. The number of ether oxygens (including phenoxy) is 1. The maximum absolute atomic E-state index is 13.2. The highest BCUT2D eigenvalue weighted by molar-refractivity contribution is 6.42. The van der Waals surface area contributed by atoms with Crippen molar-refractivity contribution in [2.75, 3.05) is 12.4 Å². The van der Waals surface area contributed by atoms with Gasteiger partial charge in [-0.1, -0.05) is 60.8 Å². The van der Waals surface area contributed by atoms with E-state index in [4.69, 9.17) is 39.5 Å². The Labute approximate surface area is 236 Å². The molecule has 1 saturated carbocycles. The summed E-state index contributed by atoms with van der Waals surface area (Å²) in [6.45, 7) is 5.18. The molecule has 204 valence electrons.